The van der Waals surface area contributed by atoms with Crippen LogP contribution in [0.4, 0.5) is 0 Å². The van der Waals surface area contributed by atoms with Crippen LogP contribution in [0.2, 0.25) is 0 Å². The summed E-state index contributed by atoms with van der Waals surface area (Å²) in [6.07, 6.45) is 3.71. The van der Waals surface area contributed by atoms with Gasteiger partial charge in [0.1, 0.15) is 0 Å². The second kappa shape index (κ2) is 4.66. The minimum atomic E-state index is -1.04. The van der Waals surface area contributed by atoms with Crippen molar-refractivity contribution in [1.29, 1.82) is 0 Å². The number of hydrogen-bond acceptors (Lipinski definition) is 2. The van der Waals surface area contributed by atoms with Crippen molar-refractivity contribution in [2.24, 2.45) is 0 Å². The van der Waals surface area contributed by atoms with E-state index in [0.29, 0.717) is 0 Å². The predicted molar refractivity (Wildman–Crippen MR) is 58.6 cm³/mol. The van der Waals surface area contributed by atoms with Gasteiger partial charge in [-0.15, -0.1) is 0 Å². The van der Waals surface area contributed by atoms with E-state index < -0.39 is 5.97 Å². The van der Waals surface area contributed by atoms with Crippen LogP contribution >= 0.6 is 0 Å². The lowest BCUT2D eigenvalue weighted by atomic mass is 10.0. The number of hydrogen-bond donors (Lipinski definition) is 0. The molecule has 2 rings (SSSR count). The van der Waals surface area contributed by atoms with E-state index in [0.717, 1.165) is 5.56 Å². The summed E-state index contributed by atoms with van der Waals surface area (Å²) in [5.74, 6) is -1.04. The van der Waals surface area contributed by atoms with E-state index in [1.165, 1.54) is 0 Å². The molecule has 1 unspecified atom stereocenters. The highest BCUT2D eigenvalue weighted by atomic mass is 16.4. The molecule has 0 aliphatic heterocycles. The van der Waals surface area contributed by atoms with Gasteiger partial charge in [-0.05, 0) is 17.7 Å². The van der Waals surface area contributed by atoms with E-state index in [9.17, 15) is 9.90 Å². The van der Waals surface area contributed by atoms with Crippen molar-refractivity contribution in [3.05, 3.63) is 60.4 Å². The molecule has 0 saturated carbocycles. The maximum Gasteiger partial charge on any atom is 0.0632 e. The van der Waals surface area contributed by atoms with Gasteiger partial charge < -0.3 is 14.5 Å². The molecule has 1 aromatic carbocycles. The van der Waals surface area contributed by atoms with Crippen LogP contribution in [0.25, 0.3) is 0 Å². The van der Waals surface area contributed by atoms with Crippen molar-refractivity contribution in [1.82, 2.24) is 4.57 Å². The maximum atomic E-state index is 10.8. The van der Waals surface area contributed by atoms with Gasteiger partial charge in [-0.1, -0.05) is 30.3 Å². The minimum Gasteiger partial charge on any atom is -0.550 e. The van der Waals surface area contributed by atoms with Crippen molar-refractivity contribution < 1.29 is 9.90 Å². The van der Waals surface area contributed by atoms with Gasteiger partial charge in [0.2, 0.25) is 0 Å². The van der Waals surface area contributed by atoms with Crippen LogP contribution in [-0.2, 0) is 4.79 Å². The van der Waals surface area contributed by atoms with Gasteiger partial charge in [0.15, 0.2) is 0 Å². The Bertz CT molecular complexity index is 448. The molecule has 0 aliphatic carbocycles. The number of aromatic nitrogens is 1. The molecular formula is C13H12NO2-. The Kier molecular flexibility index (Phi) is 3.05. The topological polar surface area (TPSA) is 45.1 Å². The van der Waals surface area contributed by atoms with Gasteiger partial charge in [0.05, 0.1) is 6.04 Å². The summed E-state index contributed by atoms with van der Waals surface area (Å²) >= 11 is 0. The van der Waals surface area contributed by atoms with E-state index in [4.69, 9.17) is 0 Å². The first-order valence-corrected chi connectivity index (χ1v) is 5.14. The largest absolute Gasteiger partial charge is 0.550 e. The predicted octanol–water partition coefficient (Wildman–Crippen LogP) is 1.22. The van der Waals surface area contributed by atoms with Crippen molar-refractivity contribution in [2.45, 2.75) is 12.5 Å². The van der Waals surface area contributed by atoms with E-state index >= 15 is 0 Å². The second-order valence-corrected chi connectivity index (χ2v) is 3.63. The molecule has 3 nitrogen and oxygen atoms in total. The number of carboxylic acid groups (broad SMARTS) is 1. The molecule has 0 saturated heterocycles. The Morgan fingerprint density at radius 2 is 1.75 bits per heavy atom. The number of rotatable bonds is 4. The summed E-state index contributed by atoms with van der Waals surface area (Å²) < 4.78 is 1.88. The molecule has 1 aromatic heterocycles. The minimum absolute atomic E-state index is 0.0152. The lowest BCUT2D eigenvalue weighted by molar-refractivity contribution is -0.306. The van der Waals surface area contributed by atoms with Gasteiger partial charge in [0, 0.05) is 24.8 Å². The Morgan fingerprint density at radius 1 is 1.12 bits per heavy atom. The monoisotopic (exact) mass is 214 g/mol. The summed E-state index contributed by atoms with van der Waals surface area (Å²) in [4.78, 5) is 10.8. The first-order valence-electron chi connectivity index (χ1n) is 5.14. The van der Waals surface area contributed by atoms with Crippen molar-refractivity contribution >= 4 is 5.97 Å². The lowest BCUT2D eigenvalue weighted by Gasteiger charge is -2.19. The highest BCUT2D eigenvalue weighted by Crippen LogP contribution is 2.21. The van der Waals surface area contributed by atoms with Crippen LogP contribution in [0, 0.1) is 0 Å². The van der Waals surface area contributed by atoms with Gasteiger partial charge in [-0.3, -0.25) is 0 Å². The third-order valence-electron chi connectivity index (χ3n) is 2.53. The average Bonchev–Trinajstić information content (AvgIpc) is 2.80. The van der Waals surface area contributed by atoms with E-state index in [1.807, 2.05) is 59.4 Å². The van der Waals surface area contributed by atoms with E-state index in [2.05, 4.69) is 0 Å². The van der Waals surface area contributed by atoms with Crippen molar-refractivity contribution in [2.75, 3.05) is 0 Å². The van der Waals surface area contributed by atoms with Crippen LogP contribution in [0.1, 0.15) is 18.0 Å². The average molecular weight is 214 g/mol. The summed E-state index contributed by atoms with van der Waals surface area (Å²) in [6, 6.07) is 13.1. The SMILES string of the molecule is O=C([O-])CC(c1ccccc1)n1cccc1. The molecule has 0 fully saturated rings. The van der Waals surface area contributed by atoms with E-state index in [-0.39, 0.29) is 12.5 Å². The van der Waals surface area contributed by atoms with Crippen molar-refractivity contribution in [3.8, 4) is 0 Å². The van der Waals surface area contributed by atoms with E-state index in [1.54, 1.807) is 0 Å². The zero-order chi connectivity index (χ0) is 11.4. The van der Waals surface area contributed by atoms with Crippen LogP contribution in [-0.4, -0.2) is 10.5 Å². The standard InChI is InChI=1S/C13H13NO2/c15-13(16)10-12(14-8-4-5-9-14)11-6-2-1-3-7-11/h1-9,12H,10H2,(H,15,16)/p-1. The fraction of sp³-hybridized carbons (Fsp3) is 0.154. The number of benzene rings is 1. The number of nitrogens with zero attached hydrogens (tertiary/aromatic N) is 1. The zero-order valence-electron chi connectivity index (χ0n) is 8.74. The molecule has 3 heteroatoms. The normalized spacial score (nSPS) is 12.2. The first kappa shape index (κ1) is 10.5. The molecule has 0 spiro atoms. The molecule has 1 heterocycles. The smallest absolute Gasteiger partial charge is 0.0632 e. The zero-order valence-corrected chi connectivity index (χ0v) is 8.74. The molecule has 0 amide bonds. The number of carbonyl (C=O) groups excluding carboxylic acids is 1. The Morgan fingerprint density at radius 3 is 2.31 bits per heavy atom. The molecule has 1 atom stereocenters. The summed E-state index contributed by atoms with van der Waals surface area (Å²) in [5, 5.41) is 10.8. The Hall–Kier alpha value is -2.03. The molecule has 0 bridgehead atoms. The third-order valence-corrected chi connectivity index (χ3v) is 2.53. The fourth-order valence-corrected chi connectivity index (χ4v) is 1.78. The Labute approximate surface area is 94.0 Å². The Balaban J connectivity index is 2.32. The number of aliphatic carboxylic acids is 1. The highest BCUT2D eigenvalue weighted by molar-refractivity contribution is 5.65. The van der Waals surface area contributed by atoms with Gasteiger partial charge >= 0.3 is 0 Å². The fourth-order valence-electron chi connectivity index (χ4n) is 1.78. The van der Waals surface area contributed by atoms with Gasteiger partial charge in [-0.2, -0.15) is 0 Å². The molecule has 16 heavy (non-hydrogen) atoms. The lowest BCUT2D eigenvalue weighted by Crippen LogP contribution is -2.26. The summed E-state index contributed by atoms with van der Waals surface area (Å²) in [7, 11) is 0. The molecule has 0 radical (unpaired) electrons. The van der Waals surface area contributed by atoms with Crippen LogP contribution in [0.15, 0.2) is 54.9 Å². The summed E-state index contributed by atoms with van der Waals surface area (Å²) in [5.41, 5.74) is 0.975. The molecule has 82 valence electrons. The highest BCUT2D eigenvalue weighted by Gasteiger charge is 2.12. The summed E-state index contributed by atoms with van der Waals surface area (Å²) in [6.45, 7) is 0. The first-order chi connectivity index (χ1) is 7.77. The van der Waals surface area contributed by atoms with Crippen LogP contribution < -0.4 is 5.11 Å². The molecular weight excluding hydrogens is 202 g/mol. The van der Waals surface area contributed by atoms with Gasteiger partial charge in [0.25, 0.3) is 0 Å². The second-order valence-electron chi connectivity index (χ2n) is 3.63. The number of carboxylic acids is 1. The van der Waals surface area contributed by atoms with Crippen molar-refractivity contribution in [3.63, 3.8) is 0 Å². The quantitative estimate of drug-likeness (QED) is 0.768. The van der Waals surface area contributed by atoms with Crippen LogP contribution in [0.3, 0.4) is 0 Å². The maximum absolute atomic E-state index is 10.8. The molecule has 2 aromatic rings. The van der Waals surface area contributed by atoms with Gasteiger partial charge in [-0.25, -0.2) is 0 Å². The number of carbonyl (C=O) groups is 1. The molecule has 0 aliphatic rings. The van der Waals surface area contributed by atoms with Crippen LogP contribution in [0.5, 0.6) is 0 Å². The molecule has 0 N–H and O–H groups in total. The third kappa shape index (κ3) is 2.31.